The molecule has 4 N–H and O–H groups in total. The molecular formula is C17H11ClF2N6O3S2. The van der Waals surface area contributed by atoms with Crippen LogP contribution in [0.5, 0.6) is 11.5 Å². The molecule has 0 saturated carbocycles. The Bertz CT molecular complexity index is 1360. The van der Waals surface area contributed by atoms with Crippen molar-refractivity contribution in [3.05, 3.63) is 59.5 Å². The third kappa shape index (κ3) is 4.28. The molecule has 4 rings (SSSR count). The summed E-state index contributed by atoms with van der Waals surface area (Å²) in [5.74, 6) is -2.65. The number of rotatable bonds is 6. The van der Waals surface area contributed by atoms with E-state index in [1.165, 1.54) is 24.4 Å². The molecule has 9 nitrogen and oxygen atoms in total. The van der Waals surface area contributed by atoms with Gasteiger partial charge in [0.05, 0.1) is 0 Å². The van der Waals surface area contributed by atoms with Crippen molar-refractivity contribution in [2.45, 2.75) is 4.90 Å². The molecule has 2 heterocycles. The summed E-state index contributed by atoms with van der Waals surface area (Å²) in [6.07, 6.45) is 2.60. The third-order valence-electron chi connectivity index (χ3n) is 3.98. The molecule has 0 aliphatic rings. The number of nitrogen functional groups attached to an aromatic ring is 1. The van der Waals surface area contributed by atoms with Gasteiger partial charge in [0.2, 0.25) is 5.13 Å². The van der Waals surface area contributed by atoms with Gasteiger partial charge in [-0.25, -0.2) is 22.2 Å². The zero-order chi connectivity index (χ0) is 22.2. The molecule has 14 heteroatoms. The lowest BCUT2D eigenvalue weighted by atomic mass is 10.1. The summed E-state index contributed by atoms with van der Waals surface area (Å²) >= 11 is 6.77. The molecule has 0 fully saturated rings. The Labute approximate surface area is 183 Å². The summed E-state index contributed by atoms with van der Waals surface area (Å²) in [6.45, 7) is 0. The molecule has 0 amide bonds. The highest BCUT2D eigenvalue weighted by atomic mass is 35.5. The van der Waals surface area contributed by atoms with Crippen LogP contribution in [0.1, 0.15) is 0 Å². The van der Waals surface area contributed by atoms with E-state index in [9.17, 15) is 17.2 Å². The molecule has 2 aromatic carbocycles. The standard InChI is InChI=1S/C17H11ClF2N6O3S2/c18-8-1-2-13(9(3-8)10-6-23-25-16(10)21)29-14-4-12(20)15(5-11(14)19)31(27,28)26-17-22-7-24-30-17/h1-7H,(H3,21,23,25)(H,22,24,26). The molecule has 0 unspecified atom stereocenters. The predicted octanol–water partition coefficient (Wildman–Crippen LogP) is 4.04. The fourth-order valence-corrected chi connectivity index (χ4v) is 4.52. The molecule has 0 atom stereocenters. The van der Waals surface area contributed by atoms with Crippen molar-refractivity contribution in [3.8, 4) is 22.6 Å². The van der Waals surface area contributed by atoms with Crippen LogP contribution in [0.15, 0.2) is 47.8 Å². The van der Waals surface area contributed by atoms with E-state index in [-0.39, 0.29) is 16.7 Å². The second-order valence-electron chi connectivity index (χ2n) is 5.99. The number of aromatic amines is 1. The molecule has 0 spiro atoms. The van der Waals surface area contributed by atoms with Crippen LogP contribution < -0.4 is 15.2 Å². The maximum atomic E-state index is 14.7. The Morgan fingerprint density at radius 1 is 1.13 bits per heavy atom. The first-order valence-corrected chi connectivity index (χ1v) is 10.9. The van der Waals surface area contributed by atoms with Gasteiger partial charge in [-0.2, -0.15) is 9.47 Å². The van der Waals surface area contributed by atoms with E-state index in [0.29, 0.717) is 28.3 Å². The number of H-pyrrole nitrogens is 1. The van der Waals surface area contributed by atoms with Gasteiger partial charge in [-0.1, -0.05) is 11.6 Å². The van der Waals surface area contributed by atoms with Crippen LogP contribution in [0, 0.1) is 11.6 Å². The second kappa shape index (κ2) is 8.09. The molecule has 0 aliphatic carbocycles. The van der Waals surface area contributed by atoms with E-state index in [1.807, 2.05) is 4.72 Å². The number of nitrogens with one attached hydrogen (secondary N) is 2. The Morgan fingerprint density at radius 3 is 2.61 bits per heavy atom. The number of anilines is 2. The molecule has 2 aromatic heterocycles. The van der Waals surface area contributed by atoms with Gasteiger partial charge < -0.3 is 10.5 Å². The van der Waals surface area contributed by atoms with Gasteiger partial charge in [0.15, 0.2) is 17.4 Å². The number of hydrogen-bond donors (Lipinski definition) is 3. The summed E-state index contributed by atoms with van der Waals surface area (Å²) in [7, 11) is -4.44. The van der Waals surface area contributed by atoms with E-state index >= 15 is 0 Å². The largest absolute Gasteiger partial charge is 0.454 e. The van der Waals surface area contributed by atoms with Crippen molar-refractivity contribution in [1.82, 2.24) is 19.6 Å². The first-order valence-electron chi connectivity index (χ1n) is 8.30. The van der Waals surface area contributed by atoms with E-state index in [4.69, 9.17) is 22.1 Å². The minimum absolute atomic E-state index is 0.0939. The van der Waals surface area contributed by atoms with Crippen molar-refractivity contribution in [2.24, 2.45) is 0 Å². The minimum Gasteiger partial charge on any atom is -0.454 e. The van der Waals surface area contributed by atoms with Crippen molar-refractivity contribution in [2.75, 3.05) is 10.5 Å². The maximum absolute atomic E-state index is 14.7. The number of ether oxygens (including phenoxy) is 1. The van der Waals surface area contributed by atoms with Gasteiger partial charge in [-0.05, 0) is 18.2 Å². The lowest BCUT2D eigenvalue weighted by Gasteiger charge is -2.13. The normalized spacial score (nSPS) is 11.5. The van der Waals surface area contributed by atoms with Crippen LogP contribution >= 0.6 is 23.1 Å². The summed E-state index contributed by atoms with van der Waals surface area (Å²) < 4.78 is 65.2. The van der Waals surface area contributed by atoms with Crippen LogP contribution in [0.3, 0.4) is 0 Å². The van der Waals surface area contributed by atoms with Gasteiger partial charge in [-0.3, -0.25) is 9.82 Å². The zero-order valence-corrected chi connectivity index (χ0v) is 17.5. The van der Waals surface area contributed by atoms with Crippen molar-refractivity contribution in [3.63, 3.8) is 0 Å². The highest BCUT2D eigenvalue weighted by Crippen LogP contribution is 2.38. The van der Waals surface area contributed by atoms with Gasteiger partial charge in [0.1, 0.15) is 22.8 Å². The quantitative estimate of drug-likeness (QED) is 0.375. The third-order valence-corrected chi connectivity index (χ3v) is 6.28. The number of sulfonamides is 1. The van der Waals surface area contributed by atoms with Crippen LogP contribution in [0.25, 0.3) is 11.1 Å². The van der Waals surface area contributed by atoms with E-state index in [2.05, 4.69) is 19.6 Å². The topological polar surface area (TPSA) is 136 Å². The molecule has 0 bridgehead atoms. The number of aromatic nitrogens is 4. The van der Waals surface area contributed by atoms with E-state index in [1.54, 1.807) is 0 Å². The van der Waals surface area contributed by atoms with Crippen molar-refractivity contribution >= 4 is 44.1 Å². The molecular weight excluding hydrogens is 474 g/mol. The van der Waals surface area contributed by atoms with Gasteiger partial charge >= 0.3 is 0 Å². The molecule has 4 aromatic rings. The molecule has 0 saturated heterocycles. The van der Waals surface area contributed by atoms with Gasteiger partial charge in [0.25, 0.3) is 10.0 Å². The summed E-state index contributed by atoms with van der Waals surface area (Å²) in [4.78, 5) is 2.73. The minimum atomic E-state index is -4.44. The Hall–Kier alpha value is -3.29. The summed E-state index contributed by atoms with van der Waals surface area (Å²) in [5, 5.41) is 6.64. The van der Waals surface area contributed by atoms with Crippen LogP contribution in [-0.4, -0.2) is 28.0 Å². The lowest BCUT2D eigenvalue weighted by molar-refractivity contribution is 0.433. The highest BCUT2D eigenvalue weighted by Gasteiger charge is 2.24. The number of hydrogen-bond acceptors (Lipinski definition) is 8. The zero-order valence-electron chi connectivity index (χ0n) is 15.1. The summed E-state index contributed by atoms with van der Waals surface area (Å²) in [5.41, 5.74) is 6.60. The van der Waals surface area contributed by atoms with E-state index in [0.717, 1.165) is 17.9 Å². The van der Waals surface area contributed by atoms with Gasteiger partial charge in [-0.15, -0.1) is 0 Å². The molecule has 160 valence electrons. The Kier molecular flexibility index (Phi) is 5.47. The fraction of sp³-hybridized carbons (Fsp3) is 0. The SMILES string of the molecule is Nc1n[nH]cc1-c1cc(Cl)ccc1Oc1cc(F)c(S(=O)(=O)Nc2ncns2)cc1F. The Morgan fingerprint density at radius 2 is 1.94 bits per heavy atom. The second-order valence-corrected chi connectivity index (χ2v) is 8.86. The van der Waals surface area contributed by atoms with Crippen LogP contribution in [0.4, 0.5) is 19.7 Å². The van der Waals surface area contributed by atoms with Crippen LogP contribution in [0.2, 0.25) is 5.02 Å². The lowest BCUT2D eigenvalue weighted by Crippen LogP contribution is -2.15. The predicted molar refractivity (Wildman–Crippen MR) is 111 cm³/mol. The maximum Gasteiger partial charge on any atom is 0.266 e. The van der Waals surface area contributed by atoms with Crippen LogP contribution in [-0.2, 0) is 10.0 Å². The summed E-state index contributed by atoms with van der Waals surface area (Å²) in [6, 6.07) is 5.56. The number of halogens is 3. The first kappa shape index (κ1) is 21.0. The number of nitrogens with two attached hydrogens (primary N) is 1. The fourth-order valence-electron chi connectivity index (χ4n) is 2.62. The van der Waals surface area contributed by atoms with E-state index < -0.39 is 32.3 Å². The molecule has 0 aliphatic heterocycles. The number of nitrogens with zero attached hydrogens (tertiary/aromatic N) is 3. The number of benzene rings is 2. The van der Waals surface area contributed by atoms with Crippen molar-refractivity contribution < 1.29 is 21.9 Å². The Balaban J connectivity index is 1.70. The average molecular weight is 485 g/mol. The first-order chi connectivity index (χ1) is 14.7. The van der Waals surface area contributed by atoms with Gasteiger partial charge in [0, 0.05) is 46.0 Å². The highest BCUT2D eigenvalue weighted by molar-refractivity contribution is 7.93. The smallest absolute Gasteiger partial charge is 0.266 e. The van der Waals surface area contributed by atoms with Crippen molar-refractivity contribution in [1.29, 1.82) is 0 Å². The molecule has 31 heavy (non-hydrogen) atoms. The monoisotopic (exact) mass is 484 g/mol. The average Bonchev–Trinajstić information content (AvgIpc) is 3.36. The molecule has 0 radical (unpaired) electrons.